The summed E-state index contributed by atoms with van der Waals surface area (Å²) in [4.78, 5) is 6.91. The summed E-state index contributed by atoms with van der Waals surface area (Å²) in [6, 6.07) is 0. The highest BCUT2D eigenvalue weighted by Gasteiger charge is 2.10. The van der Waals surface area contributed by atoms with Gasteiger partial charge in [-0.25, -0.2) is 4.98 Å². The Hall–Kier alpha value is 0.130. The monoisotopic (exact) mass is 269 g/mol. The molecule has 2 rings (SSSR count). The molecule has 0 spiro atoms. The molecule has 0 aromatic carbocycles. The molecule has 2 heterocycles. The van der Waals surface area contributed by atoms with Crippen LogP contribution in [0.3, 0.4) is 0 Å². The first-order valence-corrected chi connectivity index (χ1v) is 5.56. The average Bonchev–Trinajstić information content (AvgIpc) is 2.53. The van der Waals surface area contributed by atoms with Crippen LogP contribution in [0.2, 0.25) is 0 Å². The summed E-state index contributed by atoms with van der Waals surface area (Å²) >= 11 is 1.74. The van der Waals surface area contributed by atoms with Crippen molar-refractivity contribution in [3.63, 3.8) is 0 Å². The van der Waals surface area contributed by atoms with E-state index in [0.29, 0.717) is 0 Å². The van der Waals surface area contributed by atoms with Crippen LogP contribution in [0.1, 0.15) is 10.7 Å². The fourth-order valence-corrected chi connectivity index (χ4v) is 2.18. The fourth-order valence-electron chi connectivity index (χ4n) is 1.58. The van der Waals surface area contributed by atoms with Gasteiger partial charge in [0.05, 0.1) is 10.7 Å². The SMILES string of the molecule is Cc1nc(CN2CCNCC2)cs1.Cl.Cl. The Morgan fingerprint density at radius 1 is 1.40 bits per heavy atom. The molecule has 1 fully saturated rings. The first-order chi connectivity index (χ1) is 6.34. The minimum atomic E-state index is 0. The van der Waals surface area contributed by atoms with E-state index in [1.165, 1.54) is 10.7 Å². The second kappa shape index (κ2) is 7.41. The Labute approximate surface area is 107 Å². The highest BCUT2D eigenvalue weighted by atomic mass is 35.5. The summed E-state index contributed by atoms with van der Waals surface area (Å²) in [5.41, 5.74) is 1.23. The lowest BCUT2D eigenvalue weighted by molar-refractivity contribution is 0.231. The lowest BCUT2D eigenvalue weighted by atomic mass is 10.3. The largest absolute Gasteiger partial charge is 0.314 e. The van der Waals surface area contributed by atoms with Gasteiger partial charge in [0.25, 0.3) is 0 Å². The van der Waals surface area contributed by atoms with E-state index >= 15 is 0 Å². The topological polar surface area (TPSA) is 28.2 Å². The summed E-state index contributed by atoms with van der Waals surface area (Å²) in [7, 11) is 0. The van der Waals surface area contributed by atoms with Crippen LogP contribution < -0.4 is 5.32 Å². The molecule has 0 radical (unpaired) electrons. The maximum absolute atomic E-state index is 4.46. The zero-order valence-electron chi connectivity index (χ0n) is 8.73. The number of aryl methyl sites for hydroxylation is 1. The molecule has 1 aliphatic heterocycles. The Morgan fingerprint density at radius 3 is 2.60 bits per heavy atom. The minimum absolute atomic E-state index is 0. The maximum Gasteiger partial charge on any atom is 0.0897 e. The average molecular weight is 270 g/mol. The Kier molecular flexibility index (Phi) is 7.48. The fraction of sp³-hybridized carbons (Fsp3) is 0.667. The number of piperazine rings is 1. The highest BCUT2D eigenvalue weighted by molar-refractivity contribution is 7.09. The van der Waals surface area contributed by atoms with Gasteiger partial charge in [0.2, 0.25) is 0 Å². The van der Waals surface area contributed by atoms with Crippen LogP contribution in [0.5, 0.6) is 0 Å². The predicted molar refractivity (Wildman–Crippen MR) is 69.5 cm³/mol. The minimum Gasteiger partial charge on any atom is -0.314 e. The molecule has 1 N–H and O–H groups in total. The van der Waals surface area contributed by atoms with E-state index in [-0.39, 0.29) is 24.8 Å². The number of hydrogen-bond acceptors (Lipinski definition) is 4. The van der Waals surface area contributed by atoms with Crippen LogP contribution in [-0.2, 0) is 6.54 Å². The van der Waals surface area contributed by atoms with Gasteiger partial charge in [0.1, 0.15) is 0 Å². The quantitative estimate of drug-likeness (QED) is 0.886. The van der Waals surface area contributed by atoms with Crippen molar-refractivity contribution in [2.24, 2.45) is 0 Å². The van der Waals surface area contributed by atoms with Gasteiger partial charge >= 0.3 is 0 Å². The van der Waals surface area contributed by atoms with Gasteiger partial charge in [-0.15, -0.1) is 36.2 Å². The Balaban J connectivity index is 0.000000980. The molecule has 0 amide bonds. The number of hydrogen-bond donors (Lipinski definition) is 1. The number of nitrogens with zero attached hydrogens (tertiary/aromatic N) is 2. The van der Waals surface area contributed by atoms with E-state index in [0.717, 1.165) is 32.7 Å². The molecule has 0 unspecified atom stereocenters. The Bertz CT molecular complexity index is 274. The van der Waals surface area contributed by atoms with Crippen molar-refractivity contribution in [3.05, 3.63) is 16.1 Å². The molecular formula is C9H17Cl2N3S. The molecule has 1 aromatic heterocycles. The molecule has 0 saturated carbocycles. The van der Waals surface area contributed by atoms with Crippen molar-refractivity contribution in [1.29, 1.82) is 0 Å². The number of nitrogens with one attached hydrogen (secondary N) is 1. The van der Waals surface area contributed by atoms with Crippen molar-refractivity contribution in [3.8, 4) is 0 Å². The molecule has 0 bridgehead atoms. The van der Waals surface area contributed by atoms with Crippen LogP contribution in [0.15, 0.2) is 5.38 Å². The standard InChI is InChI=1S/C9H15N3S.2ClH/c1-8-11-9(7-13-8)6-12-4-2-10-3-5-12;;/h7,10H,2-6H2,1H3;2*1H. The van der Waals surface area contributed by atoms with Gasteiger partial charge in [-0.3, -0.25) is 4.90 Å². The second-order valence-electron chi connectivity index (χ2n) is 3.38. The number of aromatic nitrogens is 1. The predicted octanol–water partition coefficient (Wildman–Crippen LogP) is 1.70. The van der Waals surface area contributed by atoms with Gasteiger partial charge in [-0.2, -0.15) is 0 Å². The molecule has 1 aromatic rings. The lowest BCUT2D eigenvalue weighted by Crippen LogP contribution is -2.42. The van der Waals surface area contributed by atoms with Crippen LogP contribution in [0, 0.1) is 6.92 Å². The molecule has 0 atom stereocenters. The van der Waals surface area contributed by atoms with Gasteiger partial charge in [0, 0.05) is 38.1 Å². The normalized spacial score (nSPS) is 16.6. The van der Waals surface area contributed by atoms with Gasteiger partial charge in [-0.05, 0) is 6.92 Å². The van der Waals surface area contributed by atoms with E-state index in [4.69, 9.17) is 0 Å². The van der Waals surface area contributed by atoms with E-state index < -0.39 is 0 Å². The molecule has 1 aliphatic rings. The van der Waals surface area contributed by atoms with E-state index in [1.807, 2.05) is 0 Å². The summed E-state index contributed by atoms with van der Waals surface area (Å²) < 4.78 is 0. The number of thiazole rings is 1. The summed E-state index contributed by atoms with van der Waals surface area (Å²) in [6.45, 7) is 7.61. The van der Waals surface area contributed by atoms with E-state index in [9.17, 15) is 0 Å². The molecule has 88 valence electrons. The first-order valence-electron chi connectivity index (χ1n) is 4.69. The first kappa shape index (κ1) is 15.1. The summed E-state index contributed by atoms with van der Waals surface area (Å²) in [5.74, 6) is 0. The van der Waals surface area contributed by atoms with E-state index in [2.05, 4.69) is 27.5 Å². The van der Waals surface area contributed by atoms with Crippen LogP contribution >= 0.6 is 36.2 Å². The smallest absolute Gasteiger partial charge is 0.0897 e. The molecular weight excluding hydrogens is 253 g/mol. The third-order valence-corrected chi connectivity index (χ3v) is 3.08. The lowest BCUT2D eigenvalue weighted by Gasteiger charge is -2.26. The van der Waals surface area contributed by atoms with Crippen molar-refractivity contribution < 1.29 is 0 Å². The maximum atomic E-state index is 4.46. The zero-order valence-corrected chi connectivity index (χ0v) is 11.2. The van der Waals surface area contributed by atoms with Crippen LogP contribution in [0.4, 0.5) is 0 Å². The van der Waals surface area contributed by atoms with Crippen LogP contribution in [-0.4, -0.2) is 36.1 Å². The highest BCUT2D eigenvalue weighted by Crippen LogP contribution is 2.10. The van der Waals surface area contributed by atoms with Gasteiger partial charge in [-0.1, -0.05) is 0 Å². The van der Waals surface area contributed by atoms with E-state index in [1.54, 1.807) is 11.3 Å². The molecule has 0 aliphatic carbocycles. The summed E-state index contributed by atoms with van der Waals surface area (Å²) in [6.07, 6.45) is 0. The molecule has 15 heavy (non-hydrogen) atoms. The third kappa shape index (κ3) is 4.66. The molecule has 1 saturated heterocycles. The Morgan fingerprint density at radius 2 is 2.07 bits per heavy atom. The van der Waals surface area contributed by atoms with Crippen molar-refractivity contribution >= 4 is 36.2 Å². The number of halogens is 2. The van der Waals surface area contributed by atoms with Gasteiger partial charge in [0.15, 0.2) is 0 Å². The van der Waals surface area contributed by atoms with Gasteiger partial charge < -0.3 is 5.32 Å². The summed E-state index contributed by atoms with van der Waals surface area (Å²) in [5, 5.41) is 6.68. The number of rotatable bonds is 2. The third-order valence-electron chi connectivity index (χ3n) is 2.26. The zero-order chi connectivity index (χ0) is 9.10. The van der Waals surface area contributed by atoms with Crippen molar-refractivity contribution in [1.82, 2.24) is 15.2 Å². The van der Waals surface area contributed by atoms with Crippen LogP contribution in [0.25, 0.3) is 0 Å². The van der Waals surface area contributed by atoms with Crippen molar-refractivity contribution in [2.75, 3.05) is 26.2 Å². The second-order valence-corrected chi connectivity index (χ2v) is 4.45. The molecule has 3 nitrogen and oxygen atoms in total. The molecule has 6 heteroatoms. The van der Waals surface area contributed by atoms with Crippen molar-refractivity contribution in [2.45, 2.75) is 13.5 Å².